The Kier molecular flexibility index (Phi) is 5.19. The Balaban J connectivity index is 1.93. The lowest BCUT2D eigenvalue weighted by molar-refractivity contribution is 0.0693. The summed E-state index contributed by atoms with van der Waals surface area (Å²) in [6.07, 6.45) is 0.933. The smallest absolute Gasteiger partial charge is 0.339 e. The molecular weight excluding hydrogens is 327 g/mol. The molecule has 2 aromatic carbocycles. The monoisotopic (exact) mass is 346 g/mol. The number of ether oxygens (including phenoxy) is 3. The summed E-state index contributed by atoms with van der Waals surface area (Å²) in [5.41, 5.74) is 1.07. The molecular formula is C19H19FO5. The molecule has 1 aliphatic rings. The van der Waals surface area contributed by atoms with E-state index in [0.717, 1.165) is 13.0 Å². The minimum absolute atomic E-state index is 0.0133. The van der Waals surface area contributed by atoms with Gasteiger partial charge < -0.3 is 19.3 Å². The second kappa shape index (κ2) is 7.53. The molecule has 1 N–H and O–H groups in total. The van der Waals surface area contributed by atoms with E-state index in [-0.39, 0.29) is 11.3 Å². The van der Waals surface area contributed by atoms with E-state index in [1.807, 2.05) is 0 Å². The van der Waals surface area contributed by atoms with Crippen molar-refractivity contribution in [3.63, 3.8) is 0 Å². The molecule has 1 atom stereocenters. The SMILES string of the molecule is COc1ccc(-c2cc(F)ccc2OCC2CCOC2)cc1C(=O)O. The highest BCUT2D eigenvalue weighted by atomic mass is 19.1. The molecule has 0 radical (unpaired) electrons. The van der Waals surface area contributed by atoms with Gasteiger partial charge in [-0.2, -0.15) is 0 Å². The molecule has 0 spiro atoms. The average molecular weight is 346 g/mol. The van der Waals surface area contributed by atoms with Crippen molar-refractivity contribution >= 4 is 5.97 Å². The lowest BCUT2D eigenvalue weighted by atomic mass is 10.0. The van der Waals surface area contributed by atoms with Crippen molar-refractivity contribution in [2.45, 2.75) is 6.42 Å². The van der Waals surface area contributed by atoms with Crippen molar-refractivity contribution in [1.82, 2.24) is 0 Å². The summed E-state index contributed by atoms with van der Waals surface area (Å²) in [6.45, 7) is 1.85. The maximum absolute atomic E-state index is 13.8. The van der Waals surface area contributed by atoms with Gasteiger partial charge in [-0.25, -0.2) is 9.18 Å². The topological polar surface area (TPSA) is 65.0 Å². The first-order valence-corrected chi connectivity index (χ1v) is 8.00. The second-order valence-electron chi connectivity index (χ2n) is 5.90. The Labute approximate surface area is 144 Å². The van der Waals surface area contributed by atoms with Crippen LogP contribution in [0, 0.1) is 11.7 Å². The number of carboxylic acid groups (broad SMARTS) is 1. The van der Waals surface area contributed by atoms with Gasteiger partial charge in [0, 0.05) is 18.1 Å². The van der Waals surface area contributed by atoms with Crippen LogP contribution in [0.4, 0.5) is 4.39 Å². The predicted octanol–water partition coefficient (Wildman–Crippen LogP) is 3.61. The van der Waals surface area contributed by atoms with Crippen molar-refractivity contribution < 1.29 is 28.5 Å². The van der Waals surface area contributed by atoms with Crippen molar-refractivity contribution in [2.24, 2.45) is 5.92 Å². The number of benzene rings is 2. The fraction of sp³-hybridized carbons (Fsp3) is 0.316. The van der Waals surface area contributed by atoms with E-state index in [2.05, 4.69) is 0 Å². The van der Waals surface area contributed by atoms with Crippen LogP contribution in [0.15, 0.2) is 36.4 Å². The van der Waals surface area contributed by atoms with Crippen molar-refractivity contribution in [3.05, 3.63) is 47.8 Å². The molecule has 1 saturated heterocycles. The van der Waals surface area contributed by atoms with Gasteiger partial charge >= 0.3 is 5.97 Å². The van der Waals surface area contributed by atoms with Crippen LogP contribution in [0.25, 0.3) is 11.1 Å². The standard InChI is InChI=1S/C19H19FO5/c1-23-17-4-2-13(8-16(17)19(21)22)15-9-14(20)3-5-18(15)25-11-12-6-7-24-10-12/h2-5,8-9,12H,6-7,10-11H2,1H3,(H,21,22). The van der Waals surface area contributed by atoms with E-state index in [9.17, 15) is 14.3 Å². The summed E-state index contributed by atoms with van der Waals surface area (Å²) in [5.74, 6) is -0.462. The van der Waals surface area contributed by atoms with E-state index >= 15 is 0 Å². The highest BCUT2D eigenvalue weighted by molar-refractivity contribution is 5.93. The maximum Gasteiger partial charge on any atom is 0.339 e. The van der Waals surface area contributed by atoms with Crippen LogP contribution in [0.3, 0.4) is 0 Å². The molecule has 5 nitrogen and oxygen atoms in total. The number of methoxy groups -OCH3 is 1. The van der Waals surface area contributed by atoms with Crippen LogP contribution in [-0.4, -0.2) is 38.0 Å². The summed E-state index contributed by atoms with van der Waals surface area (Å²) in [4.78, 5) is 11.4. The largest absolute Gasteiger partial charge is 0.496 e. The van der Waals surface area contributed by atoms with Gasteiger partial charge in [0.25, 0.3) is 0 Å². The molecule has 0 amide bonds. The number of rotatable bonds is 6. The van der Waals surface area contributed by atoms with Crippen molar-refractivity contribution in [2.75, 3.05) is 26.9 Å². The third kappa shape index (κ3) is 3.91. The maximum atomic E-state index is 13.8. The van der Waals surface area contributed by atoms with Crippen molar-refractivity contribution in [3.8, 4) is 22.6 Å². The van der Waals surface area contributed by atoms with Gasteiger partial charge in [-0.05, 0) is 42.3 Å². The number of carbonyl (C=O) groups is 1. The highest BCUT2D eigenvalue weighted by Gasteiger charge is 2.19. The minimum atomic E-state index is -1.11. The third-order valence-corrected chi connectivity index (χ3v) is 4.18. The molecule has 3 rings (SSSR count). The molecule has 1 heterocycles. The molecule has 0 aliphatic carbocycles. The first kappa shape index (κ1) is 17.2. The molecule has 6 heteroatoms. The molecule has 0 bridgehead atoms. The molecule has 2 aromatic rings. The number of carboxylic acids is 1. The fourth-order valence-corrected chi connectivity index (χ4v) is 2.82. The quantitative estimate of drug-likeness (QED) is 0.865. The van der Waals surface area contributed by atoms with E-state index in [4.69, 9.17) is 14.2 Å². The third-order valence-electron chi connectivity index (χ3n) is 4.18. The summed E-state index contributed by atoms with van der Waals surface area (Å²) < 4.78 is 30.0. The number of halogens is 1. The Hall–Kier alpha value is -2.60. The lowest BCUT2D eigenvalue weighted by Crippen LogP contribution is -2.12. The molecule has 132 valence electrons. The van der Waals surface area contributed by atoms with Gasteiger partial charge in [-0.3, -0.25) is 0 Å². The zero-order chi connectivity index (χ0) is 17.8. The Bertz CT molecular complexity index is 768. The first-order chi connectivity index (χ1) is 12.1. The van der Waals surface area contributed by atoms with Crippen LogP contribution in [0.5, 0.6) is 11.5 Å². The summed E-state index contributed by atoms with van der Waals surface area (Å²) in [6, 6.07) is 8.93. The van der Waals surface area contributed by atoms with Gasteiger partial charge in [-0.15, -0.1) is 0 Å². The predicted molar refractivity (Wildman–Crippen MR) is 89.8 cm³/mol. The van der Waals surface area contributed by atoms with E-state index < -0.39 is 11.8 Å². The summed E-state index contributed by atoms with van der Waals surface area (Å²) in [5, 5.41) is 9.34. The Morgan fingerprint density at radius 3 is 2.76 bits per heavy atom. The summed E-state index contributed by atoms with van der Waals surface area (Å²) >= 11 is 0. The lowest BCUT2D eigenvalue weighted by Gasteiger charge is -2.15. The molecule has 1 fully saturated rings. The van der Waals surface area contributed by atoms with Gasteiger partial charge in [-0.1, -0.05) is 6.07 Å². The van der Waals surface area contributed by atoms with Gasteiger partial charge in [0.2, 0.25) is 0 Å². The zero-order valence-corrected chi connectivity index (χ0v) is 13.8. The molecule has 1 unspecified atom stereocenters. The van der Waals surface area contributed by atoms with Gasteiger partial charge in [0.15, 0.2) is 0 Å². The van der Waals surface area contributed by atoms with Crippen LogP contribution in [0.2, 0.25) is 0 Å². The normalized spacial score (nSPS) is 16.6. The number of aromatic carboxylic acids is 1. The fourth-order valence-electron chi connectivity index (χ4n) is 2.82. The van der Waals surface area contributed by atoms with Gasteiger partial charge in [0.05, 0.1) is 20.3 Å². The molecule has 1 aliphatic heterocycles. The second-order valence-corrected chi connectivity index (χ2v) is 5.90. The van der Waals surface area contributed by atoms with Crippen molar-refractivity contribution in [1.29, 1.82) is 0 Å². The Morgan fingerprint density at radius 2 is 2.08 bits per heavy atom. The van der Waals surface area contributed by atoms with Crippen LogP contribution >= 0.6 is 0 Å². The van der Waals surface area contributed by atoms with Gasteiger partial charge in [0.1, 0.15) is 22.9 Å². The number of hydrogen-bond donors (Lipinski definition) is 1. The van der Waals surface area contributed by atoms with E-state index in [0.29, 0.717) is 36.0 Å². The average Bonchev–Trinajstić information content (AvgIpc) is 3.13. The minimum Gasteiger partial charge on any atom is -0.496 e. The van der Waals surface area contributed by atoms with Crippen LogP contribution < -0.4 is 9.47 Å². The molecule has 25 heavy (non-hydrogen) atoms. The summed E-state index contributed by atoms with van der Waals surface area (Å²) in [7, 11) is 1.40. The molecule has 0 saturated carbocycles. The first-order valence-electron chi connectivity index (χ1n) is 8.00. The highest BCUT2D eigenvalue weighted by Crippen LogP contribution is 2.34. The zero-order valence-electron chi connectivity index (χ0n) is 13.8. The number of hydrogen-bond acceptors (Lipinski definition) is 4. The molecule has 0 aromatic heterocycles. The van der Waals surface area contributed by atoms with Crippen LogP contribution in [0.1, 0.15) is 16.8 Å². The Morgan fingerprint density at radius 1 is 1.28 bits per heavy atom. The van der Waals surface area contributed by atoms with E-state index in [1.54, 1.807) is 18.2 Å². The van der Waals surface area contributed by atoms with E-state index in [1.165, 1.54) is 25.3 Å². The van der Waals surface area contributed by atoms with Crippen LogP contribution in [-0.2, 0) is 4.74 Å².